The molecule has 0 bridgehead atoms. The molecular weight excluding hydrogens is 232 g/mol. The Morgan fingerprint density at radius 2 is 2.11 bits per heavy atom. The first-order valence-electron chi connectivity index (χ1n) is 6.83. The summed E-state index contributed by atoms with van der Waals surface area (Å²) in [6.45, 7) is 2.61. The van der Waals surface area contributed by atoms with E-state index in [0.29, 0.717) is 12.5 Å². The summed E-state index contributed by atoms with van der Waals surface area (Å²) < 4.78 is 26.1. The lowest BCUT2D eigenvalue weighted by Crippen LogP contribution is -2.28. The topological polar surface area (TPSA) is 12.0 Å². The summed E-state index contributed by atoms with van der Waals surface area (Å²) in [5.74, 6) is 0.592. The van der Waals surface area contributed by atoms with Crippen LogP contribution in [0.3, 0.4) is 0 Å². The van der Waals surface area contributed by atoms with Crippen LogP contribution < -0.4 is 5.32 Å². The van der Waals surface area contributed by atoms with Gasteiger partial charge in [-0.25, -0.2) is 8.78 Å². The van der Waals surface area contributed by atoms with Crippen LogP contribution in [0.5, 0.6) is 0 Å². The smallest absolute Gasteiger partial charge is 0.257 e. The first kappa shape index (κ1) is 13.5. The predicted octanol–water partition coefficient (Wildman–Crippen LogP) is 4.26. The second-order valence-electron chi connectivity index (χ2n) is 5.06. The van der Waals surface area contributed by atoms with Gasteiger partial charge in [0, 0.05) is 0 Å². The SMILES string of the molecule is CCCNC(c1cccc(C2CCC2)c1)C(F)F. The van der Waals surface area contributed by atoms with E-state index in [1.54, 1.807) is 0 Å². The van der Waals surface area contributed by atoms with Crippen LogP contribution in [0, 0.1) is 0 Å². The van der Waals surface area contributed by atoms with Gasteiger partial charge in [-0.2, -0.15) is 0 Å². The van der Waals surface area contributed by atoms with Crippen LogP contribution in [0.2, 0.25) is 0 Å². The monoisotopic (exact) mass is 253 g/mol. The summed E-state index contributed by atoms with van der Waals surface area (Å²) in [6.07, 6.45) is 2.18. The summed E-state index contributed by atoms with van der Waals surface area (Å²) in [4.78, 5) is 0. The van der Waals surface area contributed by atoms with Crippen LogP contribution in [0.15, 0.2) is 24.3 Å². The van der Waals surface area contributed by atoms with Crippen molar-refractivity contribution in [2.24, 2.45) is 0 Å². The van der Waals surface area contributed by atoms with Crippen molar-refractivity contribution in [3.05, 3.63) is 35.4 Å². The van der Waals surface area contributed by atoms with E-state index in [-0.39, 0.29) is 0 Å². The number of rotatable bonds is 6. The Labute approximate surface area is 108 Å². The molecule has 1 fully saturated rings. The van der Waals surface area contributed by atoms with Crippen molar-refractivity contribution in [1.29, 1.82) is 0 Å². The van der Waals surface area contributed by atoms with Crippen molar-refractivity contribution in [1.82, 2.24) is 5.32 Å². The van der Waals surface area contributed by atoms with E-state index in [0.717, 1.165) is 12.0 Å². The van der Waals surface area contributed by atoms with E-state index in [1.165, 1.54) is 24.8 Å². The highest BCUT2D eigenvalue weighted by atomic mass is 19.3. The first-order chi connectivity index (χ1) is 8.72. The lowest BCUT2D eigenvalue weighted by Gasteiger charge is -2.27. The number of alkyl halides is 2. The fraction of sp³-hybridized carbons (Fsp3) is 0.600. The molecule has 1 aromatic rings. The van der Waals surface area contributed by atoms with Gasteiger partial charge < -0.3 is 5.32 Å². The van der Waals surface area contributed by atoms with Crippen molar-refractivity contribution in [2.45, 2.75) is 51.0 Å². The maximum absolute atomic E-state index is 13.1. The molecule has 1 aliphatic rings. The Hall–Kier alpha value is -0.960. The number of benzene rings is 1. The van der Waals surface area contributed by atoms with E-state index in [2.05, 4.69) is 11.4 Å². The first-order valence-corrected chi connectivity index (χ1v) is 6.83. The summed E-state index contributed by atoms with van der Waals surface area (Å²) in [5.41, 5.74) is 1.95. The quantitative estimate of drug-likeness (QED) is 0.798. The van der Waals surface area contributed by atoms with Crippen LogP contribution in [0.1, 0.15) is 55.7 Å². The summed E-state index contributed by atoms with van der Waals surface area (Å²) in [7, 11) is 0. The summed E-state index contributed by atoms with van der Waals surface area (Å²) in [5, 5.41) is 2.94. The van der Waals surface area contributed by atoms with E-state index in [4.69, 9.17) is 0 Å². The molecule has 1 saturated carbocycles. The molecule has 100 valence electrons. The molecule has 0 heterocycles. The van der Waals surface area contributed by atoms with Gasteiger partial charge in [0.1, 0.15) is 0 Å². The average Bonchev–Trinajstić information content (AvgIpc) is 2.27. The zero-order valence-corrected chi connectivity index (χ0v) is 10.8. The Morgan fingerprint density at radius 1 is 1.33 bits per heavy atom. The van der Waals surface area contributed by atoms with E-state index in [1.807, 2.05) is 25.1 Å². The van der Waals surface area contributed by atoms with Gasteiger partial charge in [0.25, 0.3) is 6.43 Å². The Morgan fingerprint density at radius 3 is 2.67 bits per heavy atom. The molecule has 1 aromatic carbocycles. The van der Waals surface area contributed by atoms with Crippen LogP contribution in [-0.4, -0.2) is 13.0 Å². The zero-order chi connectivity index (χ0) is 13.0. The van der Waals surface area contributed by atoms with Crippen LogP contribution in [0.4, 0.5) is 8.78 Å². The molecule has 1 atom stereocenters. The second kappa shape index (κ2) is 6.28. The third-order valence-electron chi connectivity index (χ3n) is 3.71. The number of nitrogens with one attached hydrogen (secondary N) is 1. The lowest BCUT2D eigenvalue weighted by atomic mass is 9.79. The van der Waals surface area contributed by atoms with Gasteiger partial charge in [-0.3, -0.25) is 0 Å². The molecule has 1 aliphatic carbocycles. The second-order valence-corrected chi connectivity index (χ2v) is 5.06. The molecular formula is C15H21F2N. The highest BCUT2D eigenvalue weighted by Crippen LogP contribution is 2.37. The standard InChI is InChI=1S/C15H21F2N/c1-2-9-18-14(15(16)17)13-8-4-7-12(10-13)11-5-3-6-11/h4,7-8,10-11,14-15,18H,2-3,5-6,9H2,1H3. The number of hydrogen-bond acceptors (Lipinski definition) is 1. The van der Waals surface area contributed by atoms with Gasteiger partial charge in [-0.05, 0) is 42.9 Å². The molecule has 0 saturated heterocycles. The van der Waals surface area contributed by atoms with Crippen molar-refractivity contribution >= 4 is 0 Å². The van der Waals surface area contributed by atoms with Gasteiger partial charge in [-0.15, -0.1) is 0 Å². The summed E-state index contributed by atoms with van der Waals surface area (Å²) >= 11 is 0. The molecule has 1 nitrogen and oxygen atoms in total. The maximum atomic E-state index is 13.1. The van der Waals surface area contributed by atoms with Crippen molar-refractivity contribution in [2.75, 3.05) is 6.54 Å². The Balaban J connectivity index is 2.13. The predicted molar refractivity (Wildman–Crippen MR) is 70.1 cm³/mol. The maximum Gasteiger partial charge on any atom is 0.257 e. The normalized spacial score (nSPS) is 17.8. The highest BCUT2D eigenvalue weighted by Gasteiger charge is 2.24. The van der Waals surface area contributed by atoms with E-state index >= 15 is 0 Å². The molecule has 0 amide bonds. The van der Waals surface area contributed by atoms with E-state index in [9.17, 15) is 8.78 Å². The molecule has 1 unspecified atom stereocenters. The third-order valence-corrected chi connectivity index (χ3v) is 3.71. The molecule has 0 aliphatic heterocycles. The van der Waals surface area contributed by atoms with Crippen molar-refractivity contribution in [3.63, 3.8) is 0 Å². The van der Waals surface area contributed by atoms with Crippen LogP contribution >= 0.6 is 0 Å². The molecule has 18 heavy (non-hydrogen) atoms. The minimum atomic E-state index is -2.35. The van der Waals surface area contributed by atoms with Gasteiger partial charge in [0.15, 0.2) is 0 Å². The molecule has 2 rings (SSSR count). The molecule has 0 spiro atoms. The largest absolute Gasteiger partial charge is 0.305 e. The summed E-state index contributed by atoms with van der Waals surface area (Å²) in [6, 6.07) is 6.91. The Bertz CT molecular complexity index is 375. The molecule has 0 radical (unpaired) electrons. The molecule has 0 aromatic heterocycles. The third kappa shape index (κ3) is 3.08. The zero-order valence-electron chi connectivity index (χ0n) is 10.8. The van der Waals surface area contributed by atoms with Gasteiger partial charge in [0.05, 0.1) is 6.04 Å². The minimum absolute atomic E-state index is 0.592. The average molecular weight is 253 g/mol. The van der Waals surface area contributed by atoms with Crippen LogP contribution in [-0.2, 0) is 0 Å². The fourth-order valence-corrected chi connectivity index (χ4v) is 2.40. The van der Waals surface area contributed by atoms with Gasteiger partial charge in [-0.1, -0.05) is 37.6 Å². The fourth-order valence-electron chi connectivity index (χ4n) is 2.40. The highest BCUT2D eigenvalue weighted by molar-refractivity contribution is 5.30. The molecule has 1 N–H and O–H groups in total. The minimum Gasteiger partial charge on any atom is -0.305 e. The van der Waals surface area contributed by atoms with E-state index < -0.39 is 12.5 Å². The van der Waals surface area contributed by atoms with Crippen molar-refractivity contribution < 1.29 is 8.78 Å². The van der Waals surface area contributed by atoms with Crippen LogP contribution in [0.25, 0.3) is 0 Å². The van der Waals surface area contributed by atoms with Gasteiger partial charge >= 0.3 is 0 Å². The Kier molecular flexibility index (Phi) is 4.70. The molecule has 3 heteroatoms. The van der Waals surface area contributed by atoms with Crippen molar-refractivity contribution in [3.8, 4) is 0 Å². The van der Waals surface area contributed by atoms with Gasteiger partial charge in [0.2, 0.25) is 0 Å². The number of halogens is 2. The number of hydrogen-bond donors (Lipinski definition) is 1. The lowest BCUT2D eigenvalue weighted by molar-refractivity contribution is 0.0984.